The number of carbonyl (C=O) groups is 1. The predicted octanol–water partition coefficient (Wildman–Crippen LogP) is 2.07. The number of rotatable bonds is 2. The average molecular weight is 306 g/mol. The fraction of sp³-hybridized carbons (Fsp3) is 0.588. The Labute approximate surface area is 130 Å². The van der Waals surface area contributed by atoms with Crippen molar-refractivity contribution in [3.8, 4) is 0 Å². The number of aryl methyl sites for hydroxylation is 1. The minimum Gasteiger partial charge on any atom is -0.381 e. The summed E-state index contributed by atoms with van der Waals surface area (Å²) >= 11 is 0. The van der Waals surface area contributed by atoms with E-state index >= 15 is 0 Å². The second-order valence-electron chi connectivity index (χ2n) is 6.16. The molecule has 1 aromatic rings. The Morgan fingerprint density at radius 1 is 1.18 bits per heavy atom. The molecule has 0 spiro atoms. The maximum atomic E-state index is 14.0. The second-order valence-corrected chi connectivity index (χ2v) is 6.16. The first-order valence-corrected chi connectivity index (χ1v) is 8.02. The van der Waals surface area contributed by atoms with Crippen LogP contribution in [0.5, 0.6) is 0 Å². The number of hydrogen-bond donors (Lipinski definition) is 0. The number of halogens is 1. The molecule has 0 aliphatic carbocycles. The molecule has 0 N–H and O–H groups in total. The molecule has 0 unspecified atom stereocenters. The van der Waals surface area contributed by atoms with Crippen LogP contribution in [0.15, 0.2) is 18.2 Å². The number of benzene rings is 1. The molecule has 2 aliphatic rings. The highest BCUT2D eigenvalue weighted by Gasteiger charge is 2.28. The van der Waals surface area contributed by atoms with E-state index in [9.17, 15) is 9.18 Å². The molecule has 0 bridgehead atoms. The van der Waals surface area contributed by atoms with Crippen molar-refractivity contribution >= 4 is 5.91 Å². The van der Waals surface area contributed by atoms with E-state index < -0.39 is 5.82 Å². The number of hydrogen-bond acceptors (Lipinski definition) is 3. The van der Waals surface area contributed by atoms with Crippen LogP contribution in [-0.4, -0.2) is 61.1 Å². The lowest BCUT2D eigenvalue weighted by atomic mass is 10.1. The maximum absolute atomic E-state index is 14.0. The lowest BCUT2D eigenvalue weighted by molar-refractivity contribution is 0.0136. The van der Waals surface area contributed by atoms with Crippen molar-refractivity contribution < 1.29 is 13.9 Å². The Morgan fingerprint density at radius 3 is 2.50 bits per heavy atom. The fourth-order valence-electron chi connectivity index (χ4n) is 3.30. The molecule has 0 atom stereocenters. The zero-order valence-electron chi connectivity index (χ0n) is 13.1. The molecule has 1 aromatic carbocycles. The number of nitrogens with zero attached hydrogens (tertiary/aromatic N) is 2. The van der Waals surface area contributed by atoms with Crippen molar-refractivity contribution in [3.05, 3.63) is 35.1 Å². The van der Waals surface area contributed by atoms with Gasteiger partial charge >= 0.3 is 0 Å². The standard InChI is InChI=1S/C17H23FN2O2/c1-13-2-3-15(16(18)12-13)17(21)20-8-6-19(7-9-20)14-4-10-22-11-5-14/h2-3,12,14H,4-11H2,1H3. The third kappa shape index (κ3) is 3.31. The van der Waals surface area contributed by atoms with Crippen molar-refractivity contribution in [2.45, 2.75) is 25.8 Å². The molecule has 2 heterocycles. The quantitative estimate of drug-likeness (QED) is 0.838. The molecule has 1 amide bonds. The van der Waals surface area contributed by atoms with Crippen LogP contribution in [-0.2, 0) is 4.74 Å². The zero-order chi connectivity index (χ0) is 15.5. The van der Waals surface area contributed by atoms with E-state index in [0.717, 1.165) is 44.7 Å². The lowest BCUT2D eigenvalue weighted by Gasteiger charge is -2.40. The Morgan fingerprint density at radius 2 is 1.86 bits per heavy atom. The molecule has 2 aliphatic heterocycles. The fourth-order valence-corrected chi connectivity index (χ4v) is 3.30. The highest BCUT2D eigenvalue weighted by molar-refractivity contribution is 5.94. The molecule has 0 saturated carbocycles. The van der Waals surface area contributed by atoms with Crippen molar-refractivity contribution in [2.24, 2.45) is 0 Å². The van der Waals surface area contributed by atoms with E-state index in [2.05, 4.69) is 4.90 Å². The van der Waals surface area contributed by atoms with Crippen molar-refractivity contribution in [1.29, 1.82) is 0 Å². The molecule has 120 valence electrons. The van der Waals surface area contributed by atoms with Gasteiger partial charge in [0.25, 0.3) is 5.91 Å². The van der Waals surface area contributed by atoms with Crippen LogP contribution in [0.25, 0.3) is 0 Å². The second kappa shape index (κ2) is 6.75. The van der Waals surface area contributed by atoms with Gasteiger partial charge in [-0.1, -0.05) is 6.07 Å². The van der Waals surface area contributed by atoms with Gasteiger partial charge in [0.05, 0.1) is 5.56 Å². The topological polar surface area (TPSA) is 32.8 Å². The summed E-state index contributed by atoms with van der Waals surface area (Å²) in [6.07, 6.45) is 2.14. The Hall–Kier alpha value is -1.46. The van der Waals surface area contributed by atoms with Gasteiger partial charge < -0.3 is 9.64 Å². The summed E-state index contributed by atoms with van der Waals surface area (Å²) in [6, 6.07) is 5.37. The molecule has 0 radical (unpaired) electrons. The summed E-state index contributed by atoms with van der Waals surface area (Å²) in [4.78, 5) is 16.7. The van der Waals surface area contributed by atoms with E-state index in [1.807, 2.05) is 6.92 Å². The molecular weight excluding hydrogens is 283 g/mol. The first kappa shape index (κ1) is 15.4. The van der Waals surface area contributed by atoms with Crippen LogP contribution in [0, 0.1) is 12.7 Å². The van der Waals surface area contributed by atoms with Crippen LogP contribution < -0.4 is 0 Å². The maximum Gasteiger partial charge on any atom is 0.256 e. The summed E-state index contributed by atoms with van der Waals surface area (Å²) in [5.74, 6) is -0.610. The Bertz CT molecular complexity index is 535. The number of carbonyl (C=O) groups excluding carboxylic acids is 1. The molecule has 2 saturated heterocycles. The predicted molar refractivity (Wildman–Crippen MR) is 82.5 cm³/mol. The Balaban J connectivity index is 1.59. The highest BCUT2D eigenvalue weighted by Crippen LogP contribution is 2.18. The van der Waals surface area contributed by atoms with E-state index in [-0.39, 0.29) is 11.5 Å². The van der Waals surface area contributed by atoms with Gasteiger partial charge in [-0.05, 0) is 37.5 Å². The van der Waals surface area contributed by atoms with Gasteiger partial charge in [-0.15, -0.1) is 0 Å². The summed E-state index contributed by atoms with van der Waals surface area (Å²) in [5, 5.41) is 0. The normalized spacial score (nSPS) is 21.1. The SMILES string of the molecule is Cc1ccc(C(=O)N2CCN(C3CCOCC3)CC2)c(F)c1. The van der Waals surface area contributed by atoms with Gasteiger partial charge in [-0.3, -0.25) is 9.69 Å². The summed E-state index contributed by atoms with van der Waals surface area (Å²) in [6.45, 7) is 6.56. The van der Waals surface area contributed by atoms with Crippen LogP contribution in [0.2, 0.25) is 0 Å². The lowest BCUT2D eigenvalue weighted by Crippen LogP contribution is -2.53. The molecule has 2 fully saturated rings. The number of amides is 1. The minimum absolute atomic E-state index is 0.185. The van der Waals surface area contributed by atoms with Gasteiger partial charge in [-0.25, -0.2) is 4.39 Å². The van der Waals surface area contributed by atoms with Gasteiger partial charge in [0.1, 0.15) is 5.82 Å². The summed E-state index contributed by atoms with van der Waals surface area (Å²) in [5.41, 5.74) is 1.02. The minimum atomic E-state index is -0.420. The molecule has 5 heteroatoms. The van der Waals surface area contributed by atoms with E-state index in [1.54, 1.807) is 17.0 Å². The van der Waals surface area contributed by atoms with Gasteiger partial charge in [-0.2, -0.15) is 0 Å². The van der Waals surface area contributed by atoms with Crippen molar-refractivity contribution in [2.75, 3.05) is 39.4 Å². The Kier molecular flexibility index (Phi) is 4.74. The molecule has 4 nitrogen and oxygen atoms in total. The molecule has 0 aromatic heterocycles. The summed E-state index contributed by atoms with van der Waals surface area (Å²) < 4.78 is 19.3. The number of ether oxygens (including phenoxy) is 1. The third-order valence-electron chi connectivity index (χ3n) is 4.66. The summed E-state index contributed by atoms with van der Waals surface area (Å²) in [7, 11) is 0. The van der Waals surface area contributed by atoms with Crippen LogP contribution >= 0.6 is 0 Å². The van der Waals surface area contributed by atoms with E-state index in [1.165, 1.54) is 6.07 Å². The van der Waals surface area contributed by atoms with Gasteiger partial charge in [0, 0.05) is 45.4 Å². The van der Waals surface area contributed by atoms with Gasteiger partial charge in [0.2, 0.25) is 0 Å². The first-order valence-electron chi connectivity index (χ1n) is 8.02. The van der Waals surface area contributed by atoms with Crippen LogP contribution in [0.3, 0.4) is 0 Å². The van der Waals surface area contributed by atoms with E-state index in [0.29, 0.717) is 19.1 Å². The monoisotopic (exact) mass is 306 g/mol. The third-order valence-corrected chi connectivity index (χ3v) is 4.66. The van der Waals surface area contributed by atoms with Crippen LogP contribution in [0.1, 0.15) is 28.8 Å². The molecular formula is C17H23FN2O2. The van der Waals surface area contributed by atoms with Gasteiger partial charge in [0.15, 0.2) is 0 Å². The van der Waals surface area contributed by atoms with Crippen molar-refractivity contribution in [1.82, 2.24) is 9.80 Å². The van der Waals surface area contributed by atoms with Crippen LogP contribution in [0.4, 0.5) is 4.39 Å². The molecule has 3 rings (SSSR count). The van der Waals surface area contributed by atoms with E-state index in [4.69, 9.17) is 4.74 Å². The van der Waals surface area contributed by atoms with Crippen molar-refractivity contribution in [3.63, 3.8) is 0 Å². The largest absolute Gasteiger partial charge is 0.381 e. The highest BCUT2D eigenvalue weighted by atomic mass is 19.1. The average Bonchev–Trinajstić information content (AvgIpc) is 2.55. The molecule has 22 heavy (non-hydrogen) atoms. The smallest absolute Gasteiger partial charge is 0.256 e. The number of piperazine rings is 1. The zero-order valence-corrected chi connectivity index (χ0v) is 13.1. The first-order chi connectivity index (χ1) is 10.6.